The topological polar surface area (TPSA) is 75.9 Å². The van der Waals surface area contributed by atoms with Crippen LogP contribution in [0.15, 0.2) is 10.6 Å². The van der Waals surface area contributed by atoms with Gasteiger partial charge in [-0.15, -0.1) is 0 Å². The summed E-state index contributed by atoms with van der Waals surface area (Å²) in [6.45, 7) is 4.50. The van der Waals surface area contributed by atoms with E-state index < -0.39 is 0 Å². The molecule has 3 fully saturated rings. The largest absolute Gasteiger partial charge is 0.381 e. The van der Waals surface area contributed by atoms with Gasteiger partial charge in [-0.3, -0.25) is 9.59 Å². The van der Waals surface area contributed by atoms with Crippen LogP contribution < -0.4 is 0 Å². The van der Waals surface area contributed by atoms with E-state index in [1.807, 2.05) is 9.80 Å². The molecule has 136 valence electrons. The highest BCUT2D eigenvalue weighted by Gasteiger charge is 2.41. The number of likely N-dealkylation sites (tertiary alicyclic amines) is 1. The average Bonchev–Trinajstić information content (AvgIpc) is 3.21. The van der Waals surface area contributed by atoms with Gasteiger partial charge in [-0.05, 0) is 39.0 Å². The first-order valence-corrected chi connectivity index (χ1v) is 9.26. The minimum atomic E-state index is -0.0885. The van der Waals surface area contributed by atoms with Crippen LogP contribution in [-0.2, 0) is 9.53 Å². The molecule has 1 aliphatic carbocycles. The van der Waals surface area contributed by atoms with Gasteiger partial charge in [0, 0.05) is 44.3 Å². The fourth-order valence-corrected chi connectivity index (χ4v) is 3.95. The van der Waals surface area contributed by atoms with Crippen LogP contribution in [0.2, 0.25) is 0 Å². The molecule has 1 unspecified atom stereocenters. The van der Waals surface area contributed by atoms with Gasteiger partial charge in [0.25, 0.3) is 5.91 Å². The van der Waals surface area contributed by atoms with Gasteiger partial charge in [-0.1, -0.05) is 5.16 Å². The molecule has 7 nitrogen and oxygen atoms in total. The summed E-state index contributed by atoms with van der Waals surface area (Å²) in [4.78, 5) is 29.4. The highest BCUT2D eigenvalue weighted by Crippen LogP contribution is 2.33. The Morgan fingerprint density at radius 1 is 1.16 bits per heavy atom. The minimum absolute atomic E-state index is 0.0512. The highest BCUT2D eigenvalue weighted by molar-refractivity contribution is 5.93. The zero-order valence-electron chi connectivity index (χ0n) is 14.6. The van der Waals surface area contributed by atoms with E-state index >= 15 is 0 Å². The molecule has 4 rings (SSSR count). The maximum Gasteiger partial charge on any atom is 0.276 e. The van der Waals surface area contributed by atoms with Crippen LogP contribution >= 0.6 is 0 Å². The fourth-order valence-electron chi connectivity index (χ4n) is 3.95. The zero-order valence-corrected chi connectivity index (χ0v) is 14.6. The Kier molecular flexibility index (Phi) is 4.50. The lowest BCUT2D eigenvalue weighted by Crippen LogP contribution is -2.50. The van der Waals surface area contributed by atoms with Crippen molar-refractivity contribution < 1.29 is 18.8 Å². The molecule has 2 aliphatic heterocycles. The van der Waals surface area contributed by atoms with E-state index in [0.717, 1.165) is 38.6 Å². The second-order valence-corrected chi connectivity index (χ2v) is 7.38. The molecule has 2 saturated heterocycles. The van der Waals surface area contributed by atoms with Gasteiger partial charge in [0.05, 0.1) is 6.04 Å². The number of hydrogen-bond acceptors (Lipinski definition) is 5. The second-order valence-electron chi connectivity index (χ2n) is 7.38. The summed E-state index contributed by atoms with van der Waals surface area (Å²) in [7, 11) is 0. The van der Waals surface area contributed by atoms with Crippen molar-refractivity contribution in [3.05, 3.63) is 17.5 Å². The van der Waals surface area contributed by atoms with Crippen LogP contribution in [0.25, 0.3) is 0 Å². The maximum atomic E-state index is 13.1. The number of ether oxygens (including phenoxy) is 1. The van der Waals surface area contributed by atoms with Crippen LogP contribution in [0.1, 0.15) is 48.4 Å². The molecule has 0 N–H and O–H groups in total. The van der Waals surface area contributed by atoms with E-state index in [0.29, 0.717) is 31.2 Å². The van der Waals surface area contributed by atoms with Crippen molar-refractivity contribution in [3.8, 4) is 0 Å². The van der Waals surface area contributed by atoms with Gasteiger partial charge in [0.1, 0.15) is 5.76 Å². The molecule has 3 aliphatic rings. The van der Waals surface area contributed by atoms with Crippen molar-refractivity contribution >= 4 is 11.8 Å². The average molecular weight is 347 g/mol. The van der Waals surface area contributed by atoms with E-state index in [1.165, 1.54) is 0 Å². The van der Waals surface area contributed by atoms with E-state index in [9.17, 15) is 9.59 Å². The zero-order chi connectivity index (χ0) is 17.4. The van der Waals surface area contributed by atoms with Crippen LogP contribution in [0.5, 0.6) is 0 Å². The Bertz CT molecular complexity index is 649. The molecule has 25 heavy (non-hydrogen) atoms. The lowest BCUT2D eigenvalue weighted by atomic mass is 10.0. The van der Waals surface area contributed by atoms with Crippen molar-refractivity contribution in [1.29, 1.82) is 0 Å². The highest BCUT2D eigenvalue weighted by atomic mass is 16.5. The third-order valence-corrected chi connectivity index (χ3v) is 5.46. The minimum Gasteiger partial charge on any atom is -0.381 e. The first kappa shape index (κ1) is 16.6. The van der Waals surface area contributed by atoms with Crippen LogP contribution in [0.3, 0.4) is 0 Å². The van der Waals surface area contributed by atoms with Crippen LogP contribution in [-0.4, -0.2) is 65.2 Å². The van der Waals surface area contributed by atoms with Crippen LogP contribution in [0, 0.1) is 12.8 Å². The summed E-state index contributed by atoms with van der Waals surface area (Å²) in [5.41, 5.74) is 0.357. The Balaban J connectivity index is 1.52. The van der Waals surface area contributed by atoms with Gasteiger partial charge >= 0.3 is 0 Å². The molecule has 1 aromatic rings. The van der Waals surface area contributed by atoms with E-state index in [1.54, 1.807) is 13.0 Å². The molecule has 2 amide bonds. The molecule has 0 radical (unpaired) electrons. The number of rotatable bonds is 4. The number of amides is 2. The summed E-state index contributed by atoms with van der Waals surface area (Å²) in [5.74, 6) is 1.03. The second kappa shape index (κ2) is 6.78. The number of nitrogens with zero attached hydrogens (tertiary/aromatic N) is 3. The Labute approximate surface area is 147 Å². The summed E-state index contributed by atoms with van der Waals surface area (Å²) in [6.07, 6.45) is 4.52. The SMILES string of the molecule is Cc1cc(C(=O)N(C2CCOCC2)C2CCN(C(=O)C3CC3)C2)no1. The number of carbonyl (C=O) groups is 2. The summed E-state index contributed by atoms with van der Waals surface area (Å²) in [6, 6.07) is 1.88. The summed E-state index contributed by atoms with van der Waals surface area (Å²) < 4.78 is 10.6. The Hall–Kier alpha value is -1.89. The standard InChI is InChI=1S/C18H25N3O4/c1-12-10-16(19-25-12)18(23)21(14-5-8-24-9-6-14)15-4-7-20(11-15)17(22)13-2-3-13/h10,13-15H,2-9,11H2,1H3. The predicted molar refractivity (Wildman–Crippen MR) is 89.0 cm³/mol. The molecule has 0 spiro atoms. The van der Waals surface area contributed by atoms with Crippen molar-refractivity contribution in [3.63, 3.8) is 0 Å². The first-order chi connectivity index (χ1) is 12.1. The number of aromatic nitrogens is 1. The predicted octanol–water partition coefficient (Wildman–Crippen LogP) is 1.62. The third kappa shape index (κ3) is 3.42. The lowest BCUT2D eigenvalue weighted by molar-refractivity contribution is -0.131. The Morgan fingerprint density at radius 2 is 1.92 bits per heavy atom. The quantitative estimate of drug-likeness (QED) is 0.827. The van der Waals surface area contributed by atoms with Crippen molar-refractivity contribution in [2.75, 3.05) is 26.3 Å². The van der Waals surface area contributed by atoms with Gasteiger partial charge in [0.15, 0.2) is 5.69 Å². The third-order valence-electron chi connectivity index (χ3n) is 5.46. The number of carbonyl (C=O) groups excluding carboxylic acids is 2. The van der Waals surface area contributed by atoms with Crippen molar-refractivity contribution in [1.82, 2.24) is 15.0 Å². The number of hydrogen-bond donors (Lipinski definition) is 0. The monoisotopic (exact) mass is 347 g/mol. The number of aryl methyl sites for hydroxylation is 1. The van der Waals surface area contributed by atoms with Crippen molar-refractivity contribution in [2.24, 2.45) is 5.92 Å². The molecular formula is C18H25N3O4. The first-order valence-electron chi connectivity index (χ1n) is 9.26. The van der Waals surface area contributed by atoms with Gasteiger partial charge in [0.2, 0.25) is 5.91 Å². The molecule has 0 aromatic carbocycles. The molecule has 3 heterocycles. The maximum absolute atomic E-state index is 13.1. The normalized spacial score (nSPS) is 24.5. The van der Waals surface area contributed by atoms with E-state index in [-0.39, 0.29) is 29.8 Å². The van der Waals surface area contributed by atoms with Crippen LogP contribution in [0.4, 0.5) is 0 Å². The summed E-state index contributed by atoms with van der Waals surface area (Å²) in [5, 5.41) is 3.92. The smallest absolute Gasteiger partial charge is 0.276 e. The molecule has 1 aromatic heterocycles. The van der Waals surface area contributed by atoms with E-state index in [4.69, 9.17) is 9.26 Å². The molecule has 1 saturated carbocycles. The van der Waals surface area contributed by atoms with Gasteiger partial charge in [-0.25, -0.2) is 0 Å². The summed E-state index contributed by atoms with van der Waals surface area (Å²) >= 11 is 0. The van der Waals surface area contributed by atoms with Gasteiger partial charge in [-0.2, -0.15) is 0 Å². The van der Waals surface area contributed by atoms with Crippen molar-refractivity contribution in [2.45, 2.75) is 51.1 Å². The fraction of sp³-hybridized carbons (Fsp3) is 0.722. The molecule has 1 atom stereocenters. The molecule has 7 heteroatoms. The lowest BCUT2D eigenvalue weighted by Gasteiger charge is -2.38. The Morgan fingerprint density at radius 3 is 2.56 bits per heavy atom. The molecule has 0 bridgehead atoms. The molecular weight excluding hydrogens is 322 g/mol. The van der Waals surface area contributed by atoms with E-state index in [2.05, 4.69) is 5.16 Å². The van der Waals surface area contributed by atoms with Gasteiger partial charge < -0.3 is 19.1 Å².